The standard InChI is InChI=1S/C9H19NO/c1-7(6-11-2)5-9(10)8-3-4-8/h7-9H,3-6,10H2,1-2H3. The zero-order chi connectivity index (χ0) is 8.27. The molecule has 2 unspecified atom stereocenters. The zero-order valence-corrected chi connectivity index (χ0v) is 7.55. The van der Waals surface area contributed by atoms with Crippen molar-refractivity contribution in [2.75, 3.05) is 13.7 Å². The fraction of sp³-hybridized carbons (Fsp3) is 1.00. The Morgan fingerprint density at radius 3 is 2.64 bits per heavy atom. The molecular formula is C9H19NO. The van der Waals surface area contributed by atoms with E-state index in [0.29, 0.717) is 12.0 Å². The molecule has 1 saturated carbocycles. The minimum atomic E-state index is 0.431. The first-order valence-electron chi connectivity index (χ1n) is 4.48. The van der Waals surface area contributed by atoms with Gasteiger partial charge in [-0.2, -0.15) is 0 Å². The van der Waals surface area contributed by atoms with Gasteiger partial charge in [-0.3, -0.25) is 0 Å². The molecule has 0 saturated heterocycles. The average molecular weight is 157 g/mol. The highest BCUT2D eigenvalue weighted by molar-refractivity contribution is 4.84. The summed E-state index contributed by atoms with van der Waals surface area (Å²) in [5, 5.41) is 0. The Hall–Kier alpha value is -0.0800. The molecule has 0 aromatic heterocycles. The lowest BCUT2D eigenvalue weighted by Gasteiger charge is -2.15. The number of hydrogen-bond donors (Lipinski definition) is 1. The normalized spacial score (nSPS) is 23.2. The maximum atomic E-state index is 5.95. The van der Waals surface area contributed by atoms with Gasteiger partial charge in [0.25, 0.3) is 0 Å². The Morgan fingerprint density at radius 1 is 1.55 bits per heavy atom. The van der Waals surface area contributed by atoms with E-state index in [1.54, 1.807) is 7.11 Å². The highest BCUT2D eigenvalue weighted by Crippen LogP contribution is 2.33. The van der Waals surface area contributed by atoms with E-state index in [0.717, 1.165) is 18.9 Å². The van der Waals surface area contributed by atoms with Crippen molar-refractivity contribution < 1.29 is 4.74 Å². The molecule has 0 amide bonds. The van der Waals surface area contributed by atoms with Gasteiger partial charge in [0.15, 0.2) is 0 Å². The smallest absolute Gasteiger partial charge is 0.0488 e. The summed E-state index contributed by atoms with van der Waals surface area (Å²) in [6, 6.07) is 0.431. The van der Waals surface area contributed by atoms with Crippen LogP contribution in [0.15, 0.2) is 0 Å². The van der Waals surface area contributed by atoms with Crippen LogP contribution in [0, 0.1) is 11.8 Å². The lowest BCUT2D eigenvalue weighted by atomic mass is 10.0. The highest BCUT2D eigenvalue weighted by Gasteiger charge is 2.29. The molecule has 11 heavy (non-hydrogen) atoms. The van der Waals surface area contributed by atoms with Gasteiger partial charge in [0, 0.05) is 19.8 Å². The van der Waals surface area contributed by atoms with Gasteiger partial charge >= 0.3 is 0 Å². The molecule has 0 aromatic rings. The molecule has 1 aliphatic rings. The lowest BCUT2D eigenvalue weighted by Crippen LogP contribution is -2.26. The SMILES string of the molecule is COCC(C)CC(N)C1CC1. The topological polar surface area (TPSA) is 35.2 Å². The van der Waals surface area contributed by atoms with Gasteiger partial charge < -0.3 is 10.5 Å². The van der Waals surface area contributed by atoms with Gasteiger partial charge in [-0.1, -0.05) is 6.92 Å². The molecule has 2 atom stereocenters. The third-order valence-corrected chi connectivity index (χ3v) is 2.35. The second kappa shape index (κ2) is 4.07. The molecule has 2 N–H and O–H groups in total. The van der Waals surface area contributed by atoms with Crippen LogP contribution in [0.2, 0.25) is 0 Å². The molecule has 66 valence electrons. The monoisotopic (exact) mass is 157 g/mol. The minimum absolute atomic E-state index is 0.431. The van der Waals surface area contributed by atoms with Crippen LogP contribution < -0.4 is 5.73 Å². The summed E-state index contributed by atoms with van der Waals surface area (Å²) < 4.78 is 5.05. The third kappa shape index (κ3) is 3.21. The summed E-state index contributed by atoms with van der Waals surface area (Å²) in [5.74, 6) is 1.45. The Kier molecular flexibility index (Phi) is 3.34. The van der Waals surface area contributed by atoms with Crippen LogP contribution in [0.5, 0.6) is 0 Å². The van der Waals surface area contributed by atoms with E-state index in [9.17, 15) is 0 Å². The van der Waals surface area contributed by atoms with Crippen molar-refractivity contribution in [2.24, 2.45) is 17.6 Å². The Morgan fingerprint density at radius 2 is 2.18 bits per heavy atom. The second-order valence-electron chi connectivity index (χ2n) is 3.80. The number of rotatable bonds is 5. The van der Waals surface area contributed by atoms with Gasteiger partial charge in [-0.15, -0.1) is 0 Å². The van der Waals surface area contributed by atoms with Crippen molar-refractivity contribution >= 4 is 0 Å². The first-order chi connectivity index (χ1) is 5.24. The minimum Gasteiger partial charge on any atom is -0.384 e. The Bertz CT molecular complexity index is 112. The fourth-order valence-electron chi connectivity index (χ4n) is 1.53. The van der Waals surface area contributed by atoms with Gasteiger partial charge in [-0.25, -0.2) is 0 Å². The van der Waals surface area contributed by atoms with Gasteiger partial charge in [0.2, 0.25) is 0 Å². The first kappa shape index (κ1) is 9.01. The zero-order valence-electron chi connectivity index (χ0n) is 7.55. The largest absolute Gasteiger partial charge is 0.384 e. The molecule has 0 bridgehead atoms. The molecule has 0 spiro atoms. The maximum absolute atomic E-state index is 5.95. The van der Waals surface area contributed by atoms with Crippen molar-refractivity contribution in [3.8, 4) is 0 Å². The summed E-state index contributed by atoms with van der Waals surface area (Å²) in [5.41, 5.74) is 5.95. The molecule has 1 fully saturated rings. The molecule has 2 nitrogen and oxygen atoms in total. The number of hydrogen-bond acceptors (Lipinski definition) is 2. The van der Waals surface area contributed by atoms with Crippen LogP contribution in [0.25, 0.3) is 0 Å². The molecule has 2 heteroatoms. The van der Waals surface area contributed by atoms with Gasteiger partial charge in [-0.05, 0) is 31.1 Å². The molecule has 0 aliphatic heterocycles. The van der Waals surface area contributed by atoms with Crippen molar-refractivity contribution in [1.82, 2.24) is 0 Å². The summed E-state index contributed by atoms with van der Waals surface area (Å²) in [7, 11) is 1.75. The maximum Gasteiger partial charge on any atom is 0.0488 e. The first-order valence-corrected chi connectivity index (χ1v) is 4.48. The molecule has 0 heterocycles. The van der Waals surface area contributed by atoms with Crippen molar-refractivity contribution in [3.63, 3.8) is 0 Å². The number of methoxy groups -OCH3 is 1. The van der Waals surface area contributed by atoms with Crippen molar-refractivity contribution in [3.05, 3.63) is 0 Å². The van der Waals surface area contributed by atoms with Crippen LogP contribution in [-0.4, -0.2) is 19.8 Å². The Labute approximate surface area is 69.1 Å². The molecule has 1 aliphatic carbocycles. The Balaban J connectivity index is 2.07. The summed E-state index contributed by atoms with van der Waals surface area (Å²) in [6.07, 6.45) is 3.82. The van der Waals surface area contributed by atoms with Gasteiger partial charge in [0.05, 0.1) is 0 Å². The summed E-state index contributed by atoms with van der Waals surface area (Å²) in [4.78, 5) is 0. The predicted octanol–water partition coefficient (Wildman–Crippen LogP) is 1.40. The van der Waals surface area contributed by atoms with E-state index < -0.39 is 0 Å². The summed E-state index contributed by atoms with van der Waals surface area (Å²) in [6.45, 7) is 3.05. The molecular weight excluding hydrogens is 138 g/mol. The average Bonchev–Trinajstić information content (AvgIpc) is 2.67. The van der Waals surface area contributed by atoms with E-state index in [1.807, 2.05) is 0 Å². The van der Waals surface area contributed by atoms with E-state index in [4.69, 9.17) is 10.5 Å². The number of nitrogens with two attached hydrogens (primary N) is 1. The highest BCUT2D eigenvalue weighted by atomic mass is 16.5. The molecule has 0 radical (unpaired) electrons. The predicted molar refractivity (Wildman–Crippen MR) is 46.4 cm³/mol. The van der Waals surface area contributed by atoms with Crippen LogP contribution in [-0.2, 0) is 4.74 Å². The van der Waals surface area contributed by atoms with E-state index >= 15 is 0 Å². The van der Waals surface area contributed by atoms with Crippen LogP contribution in [0.4, 0.5) is 0 Å². The quantitative estimate of drug-likeness (QED) is 0.654. The van der Waals surface area contributed by atoms with Crippen molar-refractivity contribution in [2.45, 2.75) is 32.2 Å². The lowest BCUT2D eigenvalue weighted by molar-refractivity contribution is 0.150. The van der Waals surface area contributed by atoms with E-state index in [2.05, 4.69) is 6.92 Å². The van der Waals surface area contributed by atoms with E-state index in [-0.39, 0.29) is 0 Å². The fourth-order valence-corrected chi connectivity index (χ4v) is 1.53. The molecule has 0 aromatic carbocycles. The van der Waals surface area contributed by atoms with Crippen molar-refractivity contribution in [1.29, 1.82) is 0 Å². The van der Waals surface area contributed by atoms with Crippen LogP contribution >= 0.6 is 0 Å². The summed E-state index contributed by atoms with van der Waals surface area (Å²) >= 11 is 0. The third-order valence-electron chi connectivity index (χ3n) is 2.35. The van der Waals surface area contributed by atoms with Crippen LogP contribution in [0.3, 0.4) is 0 Å². The van der Waals surface area contributed by atoms with E-state index in [1.165, 1.54) is 12.8 Å². The van der Waals surface area contributed by atoms with Crippen LogP contribution in [0.1, 0.15) is 26.2 Å². The molecule has 1 rings (SSSR count). The van der Waals surface area contributed by atoms with Gasteiger partial charge in [0.1, 0.15) is 0 Å². The second-order valence-corrected chi connectivity index (χ2v) is 3.80. The number of ether oxygens (including phenoxy) is 1.